The van der Waals surface area contributed by atoms with E-state index in [-0.39, 0.29) is 36.6 Å². The molecule has 0 radical (unpaired) electrons. The van der Waals surface area contributed by atoms with Crippen LogP contribution in [0.15, 0.2) is 72.9 Å². The Kier molecular flexibility index (Phi) is 8.91. The van der Waals surface area contributed by atoms with Crippen molar-refractivity contribution < 1.29 is 4.74 Å². The maximum atomic E-state index is 6.08. The minimum absolute atomic E-state index is 0. The van der Waals surface area contributed by atoms with Crippen LogP contribution in [0.5, 0.6) is 0 Å². The van der Waals surface area contributed by atoms with Gasteiger partial charge in [0.05, 0.1) is 6.20 Å². The Labute approximate surface area is 231 Å². The van der Waals surface area contributed by atoms with Crippen molar-refractivity contribution in [3.8, 4) is 0 Å². The van der Waals surface area contributed by atoms with Crippen molar-refractivity contribution in [3.63, 3.8) is 0 Å². The van der Waals surface area contributed by atoms with Gasteiger partial charge in [-0.15, -0.1) is 29.9 Å². The predicted octanol–water partition coefficient (Wildman–Crippen LogP) is 7.41. The minimum Gasteiger partial charge on any atom is -0.362 e. The number of ether oxygens (including phenoxy) is 1. The van der Waals surface area contributed by atoms with Crippen molar-refractivity contribution in [2.75, 3.05) is 25.5 Å². The number of nitrogens with zero attached hydrogens (tertiary/aromatic N) is 3. The summed E-state index contributed by atoms with van der Waals surface area (Å²) >= 11 is 0. The lowest BCUT2D eigenvalue weighted by Crippen LogP contribution is -2.54. The fraction of sp³-hybridized carbons (Fsp3) is 0.400. The molecule has 1 aliphatic heterocycles. The lowest BCUT2D eigenvalue weighted by molar-refractivity contribution is -0.0557. The van der Waals surface area contributed by atoms with E-state index in [1.807, 2.05) is 13.3 Å². The Balaban J connectivity index is 0.00000160. The van der Waals surface area contributed by atoms with E-state index >= 15 is 0 Å². The molecule has 6 rings (SSSR count). The number of hydrogen-bond acceptors (Lipinski definition) is 5. The molecule has 1 saturated heterocycles. The number of hydrogen-bond donors (Lipinski definition) is 1. The summed E-state index contributed by atoms with van der Waals surface area (Å²) in [6.07, 6.45) is 9.24. The summed E-state index contributed by atoms with van der Waals surface area (Å²) in [5, 5.41) is 17.7. The third-order valence-corrected chi connectivity index (χ3v) is 8.38. The number of halogens is 2. The number of anilines is 1. The quantitative estimate of drug-likeness (QED) is 0.277. The summed E-state index contributed by atoms with van der Waals surface area (Å²) < 4.78 is 6.08. The topological polar surface area (TPSA) is 50.3 Å². The molecule has 196 valence electrons. The van der Waals surface area contributed by atoms with Gasteiger partial charge >= 0.3 is 0 Å². The van der Waals surface area contributed by atoms with E-state index in [2.05, 4.69) is 87.1 Å². The van der Waals surface area contributed by atoms with Crippen molar-refractivity contribution in [3.05, 3.63) is 78.5 Å². The van der Waals surface area contributed by atoms with Gasteiger partial charge in [0.1, 0.15) is 6.23 Å². The van der Waals surface area contributed by atoms with Crippen LogP contribution in [0.1, 0.15) is 50.3 Å². The van der Waals surface area contributed by atoms with Crippen LogP contribution in [-0.4, -0.2) is 40.8 Å². The molecule has 1 atom stereocenters. The number of likely N-dealkylation sites (tertiary alicyclic amines) is 1. The van der Waals surface area contributed by atoms with Crippen LogP contribution in [0, 0.1) is 5.92 Å². The number of rotatable bonds is 6. The van der Waals surface area contributed by atoms with E-state index in [4.69, 9.17) is 4.74 Å². The van der Waals surface area contributed by atoms with E-state index < -0.39 is 0 Å². The lowest BCUT2D eigenvalue weighted by Gasteiger charge is -2.48. The Bertz CT molecular complexity index is 1310. The monoisotopic (exact) mass is 538 g/mol. The van der Waals surface area contributed by atoms with Gasteiger partial charge in [0.15, 0.2) is 5.82 Å². The summed E-state index contributed by atoms with van der Waals surface area (Å²) in [4.78, 5) is 2.51. The van der Waals surface area contributed by atoms with E-state index in [9.17, 15) is 0 Å². The predicted molar refractivity (Wildman–Crippen MR) is 157 cm³/mol. The van der Waals surface area contributed by atoms with Gasteiger partial charge in [-0.05, 0) is 54.0 Å². The molecule has 2 heterocycles. The Hall–Kier alpha value is -2.44. The number of nitrogens with one attached hydrogen (secondary N) is 1. The first-order valence-corrected chi connectivity index (χ1v) is 13.0. The third kappa shape index (κ3) is 5.42. The summed E-state index contributed by atoms with van der Waals surface area (Å²) in [5.74, 6) is 1.60. The van der Waals surface area contributed by atoms with Gasteiger partial charge in [0.2, 0.25) is 0 Å². The molecule has 2 aliphatic rings. The lowest BCUT2D eigenvalue weighted by atomic mass is 9.75. The number of piperidine rings is 1. The molecular formula is C30H36Cl2N4O. The largest absolute Gasteiger partial charge is 0.362 e. The first-order valence-electron chi connectivity index (χ1n) is 13.0. The zero-order chi connectivity index (χ0) is 23.7. The van der Waals surface area contributed by atoms with Crippen molar-refractivity contribution in [2.24, 2.45) is 5.92 Å². The van der Waals surface area contributed by atoms with Crippen molar-refractivity contribution in [1.82, 2.24) is 15.1 Å². The summed E-state index contributed by atoms with van der Waals surface area (Å²) in [7, 11) is 1.84. The van der Waals surface area contributed by atoms with E-state index in [0.717, 1.165) is 42.5 Å². The SMILES string of the molecule is COC(c1ccc2ccccc2c1)N1CCC(Nc2nncc3ccccc23)(C2CCCC2)CC1.Cl.Cl. The number of methoxy groups -OCH3 is 1. The highest BCUT2D eigenvalue weighted by Crippen LogP contribution is 2.44. The van der Waals surface area contributed by atoms with E-state index in [1.165, 1.54) is 42.0 Å². The van der Waals surface area contributed by atoms with Crippen LogP contribution in [0.25, 0.3) is 21.5 Å². The molecule has 5 nitrogen and oxygen atoms in total. The first-order chi connectivity index (χ1) is 17.3. The van der Waals surface area contributed by atoms with Crippen LogP contribution < -0.4 is 5.32 Å². The smallest absolute Gasteiger partial charge is 0.157 e. The molecule has 1 aromatic heterocycles. The highest BCUT2D eigenvalue weighted by molar-refractivity contribution is 5.91. The Morgan fingerprint density at radius 2 is 1.57 bits per heavy atom. The van der Waals surface area contributed by atoms with Crippen LogP contribution in [0.2, 0.25) is 0 Å². The molecule has 2 fully saturated rings. The second-order valence-corrected chi connectivity index (χ2v) is 10.3. The highest BCUT2D eigenvalue weighted by atomic mass is 35.5. The minimum atomic E-state index is -0.0291. The molecule has 37 heavy (non-hydrogen) atoms. The molecule has 1 saturated carbocycles. The van der Waals surface area contributed by atoms with Gasteiger partial charge in [0.25, 0.3) is 0 Å². The third-order valence-electron chi connectivity index (χ3n) is 8.38. The Morgan fingerprint density at radius 1 is 0.892 bits per heavy atom. The van der Waals surface area contributed by atoms with Crippen LogP contribution in [0.4, 0.5) is 5.82 Å². The van der Waals surface area contributed by atoms with E-state index in [1.54, 1.807) is 0 Å². The molecule has 1 aliphatic carbocycles. The molecule has 0 spiro atoms. The maximum absolute atomic E-state index is 6.08. The molecule has 1 unspecified atom stereocenters. The van der Waals surface area contributed by atoms with Crippen molar-refractivity contribution in [2.45, 2.75) is 50.3 Å². The van der Waals surface area contributed by atoms with E-state index in [0.29, 0.717) is 5.92 Å². The van der Waals surface area contributed by atoms with Crippen molar-refractivity contribution in [1.29, 1.82) is 0 Å². The number of fused-ring (bicyclic) bond motifs is 2. The first kappa shape index (κ1) is 27.6. The molecule has 0 bridgehead atoms. The van der Waals surface area contributed by atoms with Gasteiger partial charge in [0, 0.05) is 36.5 Å². The average Bonchev–Trinajstić information content (AvgIpc) is 3.46. The fourth-order valence-electron chi connectivity index (χ4n) is 6.48. The fourth-order valence-corrected chi connectivity index (χ4v) is 6.48. The zero-order valence-corrected chi connectivity index (χ0v) is 22.9. The standard InChI is InChI=1S/C30H34N4O.2ClH/c1-35-29(24-15-14-22-8-2-3-9-23(22)20-24)34-18-16-30(17-19-34,26-11-5-6-12-26)32-28-27-13-7-4-10-25(27)21-31-33-28;;/h2-4,7-10,13-15,20-21,26,29H,5-6,11-12,16-19H2,1H3,(H,32,33);2*1H. The molecule has 1 N–H and O–H groups in total. The van der Waals surface area contributed by atoms with Crippen LogP contribution >= 0.6 is 24.8 Å². The van der Waals surface area contributed by atoms with Crippen LogP contribution in [0.3, 0.4) is 0 Å². The molecule has 7 heteroatoms. The maximum Gasteiger partial charge on any atom is 0.157 e. The molecule has 3 aromatic carbocycles. The normalized spacial score (nSPS) is 18.7. The van der Waals surface area contributed by atoms with Gasteiger partial charge in [-0.2, -0.15) is 5.10 Å². The van der Waals surface area contributed by atoms with Gasteiger partial charge in [-0.3, -0.25) is 4.90 Å². The molecular weight excluding hydrogens is 503 g/mol. The van der Waals surface area contributed by atoms with Gasteiger partial charge in [-0.1, -0.05) is 73.5 Å². The average molecular weight is 540 g/mol. The Morgan fingerprint density at radius 3 is 2.30 bits per heavy atom. The van der Waals surface area contributed by atoms with Crippen molar-refractivity contribution >= 4 is 52.2 Å². The summed E-state index contributed by atoms with van der Waals surface area (Å²) in [6.45, 7) is 1.99. The zero-order valence-electron chi connectivity index (χ0n) is 21.3. The van der Waals surface area contributed by atoms with Gasteiger partial charge < -0.3 is 10.1 Å². The second-order valence-electron chi connectivity index (χ2n) is 10.3. The number of benzene rings is 3. The second kappa shape index (κ2) is 12.0. The number of aromatic nitrogens is 2. The van der Waals surface area contributed by atoms with Crippen LogP contribution in [-0.2, 0) is 4.74 Å². The highest BCUT2D eigenvalue weighted by Gasteiger charge is 2.44. The van der Waals surface area contributed by atoms with Gasteiger partial charge in [-0.25, -0.2) is 0 Å². The summed E-state index contributed by atoms with van der Waals surface area (Å²) in [6, 6.07) is 23.7. The summed E-state index contributed by atoms with van der Waals surface area (Å²) in [5.41, 5.74) is 1.28. The molecule has 0 amide bonds. The molecule has 4 aromatic rings.